The van der Waals surface area contributed by atoms with Crippen molar-refractivity contribution in [2.24, 2.45) is 5.73 Å². The summed E-state index contributed by atoms with van der Waals surface area (Å²) in [7, 11) is 0. The van der Waals surface area contributed by atoms with E-state index in [9.17, 15) is 9.59 Å². The van der Waals surface area contributed by atoms with Gasteiger partial charge in [-0.25, -0.2) is 0 Å². The SMILES string of the molecule is NCCOCCOCCNC(=O)c1ccc(C(=O)c2ccccc2)cc1. The minimum atomic E-state index is -0.202. The minimum Gasteiger partial charge on any atom is -0.378 e. The van der Waals surface area contributed by atoms with Crippen molar-refractivity contribution in [3.8, 4) is 0 Å². The minimum absolute atomic E-state index is 0.0668. The van der Waals surface area contributed by atoms with Crippen molar-refractivity contribution in [2.45, 2.75) is 0 Å². The predicted octanol–water partition coefficient (Wildman–Crippen LogP) is 1.64. The molecule has 0 saturated heterocycles. The van der Waals surface area contributed by atoms with Gasteiger partial charge >= 0.3 is 0 Å². The zero-order valence-corrected chi connectivity index (χ0v) is 14.6. The van der Waals surface area contributed by atoms with Gasteiger partial charge in [-0.15, -0.1) is 0 Å². The van der Waals surface area contributed by atoms with Crippen LogP contribution in [0.25, 0.3) is 0 Å². The Morgan fingerprint density at radius 3 is 2.00 bits per heavy atom. The zero-order valence-electron chi connectivity index (χ0n) is 14.6. The second-order valence-corrected chi connectivity index (χ2v) is 5.54. The molecule has 0 aliphatic rings. The average Bonchev–Trinajstić information content (AvgIpc) is 2.70. The molecule has 0 spiro atoms. The molecular weight excluding hydrogens is 332 g/mol. The molecule has 2 aromatic carbocycles. The molecule has 0 atom stereocenters. The van der Waals surface area contributed by atoms with E-state index in [4.69, 9.17) is 15.2 Å². The van der Waals surface area contributed by atoms with Crippen molar-refractivity contribution in [1.82, 2.24) is 5.32 Å². The average molecular weight is 356 g/mol. The molecule has 0 aromatic heterocycles. The fourth-order valence-electron chi connectivity index (χ4n) is 2.27. The van der Waals surface area contributed by atoms with Gasteiger partial charge in [-0.1, -0.05) is 42.5 Å². The normalized spacial score (nSPS) is 10.5. The summed E-state index contributed by atoms with van der Waals surface area (Å²) in [6.07, 6.45) is 0. The van der Waals surface area contributed by atoms with E-state index < -0.39 is 0 Å². The molecule has 0 radical (unpaired) electrons. The standard InChI is InChI=1S/C20H24N2O4/c21-10-12-25-14-15-26-13-11-22-20(24)18-8-6-17(7-9-18)19(23)16-4-2-1-3-5-16/h1-9H,10-15,21H2,(H,22,24). The summed E-state index contributed by atoms with van der Waals surface area (Å²) < 4.78 is 10.5. The summed E-state index contributed by atoms with van der Waals surface area (Å²) in [6, 6.07) is 15.7. The van der Waals surface area contributed by atoms with E-state index in [0.717, 1.165) is 0 Å². The number of ether oxygens (including phenoxy) is 2. The van der Waals surface area contributed by atoms with Gasteiger partial charge in [0.1, 0.15) is 0 Å². The van der Waals surface area contributed by atoms with Gasteiger partial charge in [0.2, 0.25) is 0 Å². The first-order valence-electron chi connectivity index (χ1n) is 8.56. The van der Waals surface area contributed by atoms with Crippen molar-refractivity contribution in [3.63, 3.8) is 0 Å². The van der Waals surface area contributed by atoms with Crippen LogP contribution >= 0.6 is 0 Å². The van der Waals surface area contributed by atoms with Gasteiger partial charge in [-0.3, -0.25) is 9.59 Å². The highest BCUT2D eigenvalue weighted by Gasteiger charge is 2.10. The Morgan fingerprint density at radius 2 is 1.35 bits per heavy atom. The topological polar surface area (TPSA) is 90.7 Å². The smallest absolute Gasteiger partial charge is 0.251 e. The highest BCUT2D eigenvalue weighted by molar-refractivity contribution is 6.09. The van der Waals surface area contributed by atoms with Gasteiger partial charge in [0.25, 0.3) is 5.91 Å². The molecule has 1 amide bonds. The number of benzene rings is 2. The van der Waals surface area contributed by atoms with Gasteiger partial charge < -0.3 is 20.5 Å². The summed E-state index contributed by atoms with van der Waals surface area (Å²) in [5.74, 6) is -0.269. The lowest BCUT2D eigenvalue weighted by atomic mass is 10.0. The zero-order chi connectivity index (χ0) is 18.6. The number of carbonyl (C=O) groups is 2. The van der Waals surface area contributed by atoms with Crippen molar-refractivity contribution in [3.05, 3.63) is 71.3 Å². The first-order chi connectivity index (χ1) is 12.7. The van der Waals surface area contributed by atoms with Crippen LogP contribution in [0.15, 0.2) is 54.6 Å². The Labute approximate surface area is 153 Å². The third-order valence-corrected chi connectivity index (χ3v) is 3.61. The number of rotatable bonds is 11. The van der Waals surface area contributed by atoms with Crippen LogP contribution in [-0.4, -0.2) is 51.2 Å². The molecular formula is C20H24N2O4. The second kappa shape index (κ2) is 11.1. The number of ketones is 1. The summed E-state index contributed by atoms with van der Waals surface area (Å²) in [5.41, 5.74) is 6.98. The highest BCUT2D eigenvalue weighted by Crippen LogP contribution is 2.11. The Kier molecular flexibility index (Phi) is 8.48. The number of hydrogen-bond donors (Lipinski definition) is 2. The van der Waals surface area contributed by atoms with Gasteiger partial charge in [-0.2, -0.15) is 0 Å². The molecule has 3 N–H and O–H groups in total. The van der Waals surface area contributed by atoms with E-state index in [1.807, 2.05) is 18.2 Å². The number of nitrogens with one attached hydrogen (secondary N) is 1. The van der Waals surface area contributed by atoms with Crippen LogP contribution in [0.2, 0.25) is 0 Å². The van der Waals surface area contributed by atoms with Gasteiger partial charge in [-0.05, 0) is 12.1 Å². The summed E-state index contributed by atoms with van der Waals surface area (Å²) in [4.78, 5) is 24.4. The summed E-state index contributed by atoms with van der Waals surface area (Å²) >= 11 is 0. The molecule has 2 aromatic rings. The summed E-state index contributed by atoms with van der Waals surface area (Å²) in [6.45, 7) is 2.77. The Hall–Kier alpha value is -2.54. The van der Waals surface area contributed by atoms with Crippen LogP contribution < -0.4 is 11.1 Å². The second-order valence-electron chi connectivity index (χ2n) is 5.54. The molecule has 0 fully saturated rings. The highest BCUT2D eigenvalue weighted by atomic mass is 16.5. The molecule has 138 valence electrons. The molecule has 0 heterocycles. The molecule has 6 heteroatoms. The van der Waals surface area contributed by atoms with Crippen molar-refractivity contribution in [1.29, 1.82) is 0 Å². The number of amides is 1. The van der Waals surface area contributed by atoms with E-state index in [-0.39, 0.29) is 11.7 Å². The van der Waals surface area contributed by atoms with E-state index in [1.165, 1.54) is 0 Å². The van der Waals surface area contributed by atoms with Crippen LogP contribution in [0, 0.1) is 0 Å². The largest absolute Gasteiger partial charge is 0.378 e. The third kappa shape index (κ3) is 6.40. The van der Waals surface area contributed by atoms with Crippen LogP contribution in [-0.2, 0) is 9.47 Å². The van der Waals surface area contributed by atoms with Crippen LogP contribution in [0.3, 0.4) is 0 Å². The van der Waals surface area contributed by atoms with Gasteiger partial charge in [0, 0.05) is 29.8 Å². The first-order valence-corrected chi connectivity index (χ1v) is 8.56. The molecule has 26 heavy (non-hydrogen) atoms. The maximum atomic E-state index is 12.3. The van der Waals surface area contributed by atoms with E-state index in [1.54, 1.807) is 36.4 Å². The lowest BCUT2D eigenvalue weighted by Gasteiger charge is -2.07. The van der Waals surface area contributed by atoms with Crippen molar-refractivity contribution >= 4 is 11.7 Å². The Morgan fingerprint density at radius 1 is 0.769 bits per heavy atom. The fraction of sp³-hybridized carbons (Fsp3) is 0.300. The third-order valence-electron chi connectivity index (χ3n) is 3.61. The van der Waals surface area contributed by atoms with Crippen molar-refractivity contribution in [2.75, 3.05) is 39.5 Å². The van der Waals surface area contributed by atoms with Crippen LogP contribution in [0.4, 0.5) is 0 Å². The fourth-order valence-corrected chi connectivity index (χ4v) is 2.27. The molecule has 0 aliphatic heterocycles. The molecule has 2 rings (SSSR count). The lowest BCUT2D eigenvalue weighted by Crippen LogP contribution is -2.27. The van der Waals surface area contributed by atoms with Gasteiger partial charge in [0.05, 0.1) is 26.4 Å². The monoisotopic (exact) mass is 356 g/mol. The van der Waals surface area contributed by atoms with Crippen molar-refractivity contribution < 1.29 is 19.1 Å². The van der Waals surface area contributed by atoms with E-state index >= 15 is 0 Å². The molecule has 0 aliphatic carbocycles. The number of nitrogens with two attached hydrogens (primary N) is 1. The maximum Gasteiger partial charge on any atom is 0.251 e. The maximum absolute atomic E-state index is 12.3. The lowest BCUT2D eigenvalue weighted by molar-refractivity contribution is 0.0511. The van der Waals surface area contributed by atoms with Crippen LogP contribution in [0.1, 0.15) is 26.3 Å². The van der Waals surface area contributed by atoms with E-state index in [0.29, 0.717) is 56.2 Å². The number of hydrogen-bond acceptors (Lipinski definition) is 5. The summed E-state index contributed by atoms with van der Waals surface area (Å²) in [5, 5.41) is 2.77. The van der Waals surface area contributed by atoms with E-state index in [2.05, 4.69) is 5.32 Å². The van der Waals surface area contributed by atoms with Crippen LogP contribution in [0.5, 0.6) is 0 Å². The quantitative estimate of drug-likeness (QED) is 0.472. The first kappa shape index (κ1) is 19.8. The molecule has 6 nitrogen and oxygen atoms in total. The molecule has 0 bridgehead atoms. The molecule has 0 unspecified atom stereocenters. The molecule has 0 saturated carbocycles. The van der Waals surface area contributed by atoms with Gasteiger partial charge in [0.15, 0.2) is 5.78 Å². The Bertz CT molecular complexity index is 687. The Balaban J connectivity index is 1.74. The predicted molar refractivity (Wildman–Crippen MR) is 99.3 cm³/mol. The number of carbonyl (C=O) groups excluding carboxylic acids is 2.